The van der Waals surface area contributed by atoms with Crippen molar-refractivity contribution in [1.29, 1.82) is 0 Å². The van der Waals surface area contributed by atoms with Gasteiger partial charge in [-0.05, 0) is 30.7 Å². The van der Waals surface area contributed by atoms with E-state index in [2.05, 4.69) is 5.10 Å². The van der Waals surface area contributed by atoms with E-state index in [0.29, 0.717) is 29.2 Å². The molecular formula is C14H15FN2O3. The van der Waals surface area contributed by atoms with Crippen molar-refractivity contribution in [2.24, 2.45) is 0 Å². The van der Waals surface area contributed by atoms with Gasteiger partial charge in [0.05, 0.1) is 24.9 Å². The lowest BCUT2D eigenvalue weighted by atomic mass is 10.1. The van der Waals surface area contributed by atoms with E-state index in [-0.39, 0.29) is 12.2 Å². The molecular weight excluding hydrogens is 263 g/mol. The minimum atomic E-state index is -0.948. The van der Waals surface area contributed by atoms with E-state index in [1.807, 2.05) is 6.92 Å². The molecule has 1 N–H and O–H groups in total. The highest BCUT2D eigenvalue weighted by atomic mass is 19.1. The second-order valence-corrected chi connectivity index (χ2v) is 4.25. The van der Waals surface area contributed by atoms with E-state index in [1.165, 1.54) is 23.9 Å². The summed E-state index contributed by atoms with van der Waals surface area (Å²) in [6.07, 6.45) is 0.431. The van der Waals surface area contributed by atoms with Crippen molar-refractivity contribution in [1.82, 2.24) is 9.78 Å². The van der Waals surface area contributed by atoms with Crippen molar-refractivity contribution < 1.29 is 19.0 Å². The van der Waals surface area contributed by atoms with Gasteiger partial charge >= 0.3 is 5.97 Å². The number of aryl methyl sites for hydroxylation is 1. The van der Waals surface area contributed by atoms with Gasteiger partial charge in [-0.2, -0.15) is 5.10 Å². The molecule has 1 aromatic heterocycles. The Morgan fingerprint density at radius 3 is 2.55 bits per heavy atom. The molecule has 0 amide bonds. The van der Waals surface area contributed by atoms with E-state index in [4.69, 9.17) is 9.84 Å². The Kier molecular flexibility index (Phi) is 4.02. The topological polar surface area (TPSA) is 64.4 Å². The van der Waals surface area contributed by atoms with E-state index in [1.54, 1.807) is 12.1 Å². The molecule has 0 aliphatic heterocycles. The van der Waals surface area contributed by atoms with Crippen LogP contribution in [-0.4, -0.2) is 28.0 Å². The highest BCUT2D eigenvalue weighted by molar-refractivity contribution is 5.71. The molecule has 2 rings (SSSR count). The normalized spacial score (nSPS) is 10.6. The van der Waals surface area contributed by atoms with Crippen LogP contribution in [0, 0.1) is 5.82 Å². The quantitative estimate of drug-likeness (QED) is 0.910. The van der Waals surface area contributed by atoms with Crippen LogP contribution >= 0.6 is 0 Å². The van der Waals surface area contributed by atoms with Gasteiger partial charge in [-0.3, -0.25) is 4.79 Å². The molecule has 0 fully saturated rings. The molecule has 2 aromatic rings. The van der Waals surface area contributed by atoms with Crippen molar-refractivity contribution in [2.75, 3.05) is 7.11 Å². The monoisotopic (exact) mass is 278 g/mol. The van der Waals surface area contributed by atoms with Crippen LogP contribution in [0.15, 0.2) is 24.3 Å². The predicted octanol–water partition coefficient (Wildman–Crippen LogP) is 2.21. The largest absolute Gasteiger partial charge is 0.481 e. The molecule has 0 aliphatic carbocycles. The third-order valence-corrected chi connectivity index (χ3v) is 2.95. The Labute approximate surface area is 115 Å². The lowest BCUT2D eigenvalue weighted by Gasteiger charge is -2.07. The summed E-state index contributed by atoms with van der Waals surface area (Å²) in [5.41, 5.74) is 1.83. The SMILES string of the molecule is CCc1nn(-c2ccc(F)cc2)c(OC)c1CC(=O)O. The van der Waals surface area contributed by atoms with Crippen molar-refractivity contribution in [3.05, 3.63) is 41.3 Å². The first kappa shape index (κ1) is 14.0. The second-order valence-electron chi connectivity index (χ2n) is 4.25. The van der Waals surface area contributed by atoms with Crippen LogP contribution in [0.4, 0.5) is 4.39 Å². The summed E-state index contributed by atoms with van der Waals surface area (Å²) in [6.45, 7) is 1.89. The number of carbonyl (C=O) groups is 1. The lowest BCUT2D eigenvalue weighted by Crippen LogP contribution is -2.04. The van der Waals surface area contributed by atoms with Gasteiger partial charge in [0, 0.05) is 5.56 Å². The fourth-order valence-corrected chi connectivity index (χ4v) is 2.06. The van der Waals surface area contributed by atoms with E-state index in [9.17, 15) is 9.18 Å². The lowest BCUT2D eigenvalue weighted by molar-refractivity contribution is -0.136. The first-order valence-corrected chi connectivity index (χ1v) is 6.19. The first-order chi connectivity index (χ1) is 9.56. The minimum absolute atomic E-state index is 0.159. The number of halogens is 1. The molecule has 106 valence electrons. The van der Waals surface area contributed by atoms with E-state index < -0.39 is 5.97 Å². The maximum Gasteiger partial charge on any atom is 0.308 e. The van der Waals surface area contributed by atoms with Crippen LogP contribution < -0.4 is 4.74 Å². The van der Waals surface area contributed by atoms with Crippen LogP contribution in [0.1, 0.15) is 18.2 Å². The third kappa shape index (κ3) is 2.64. The Balaban J connectivity index is 2.55. The van der Waals surface area contributed by atoms with Gasteiger partial charge in [0.1, 0.15) is 5.82 Å². The average molecular weight is 278 g/mol. The number of aromatic nitrogens is 2. The predicted molar refractivity (Wildman–Crippen MR) is 70.8 cm³/mol. The molecule has 0 radical (unpaired) electrons. The number of aliphatic carboxylic acids is 1. The summed E-state index contributed by atoms with van der Waals surface area (Å²) < 4.78 is 19.8. The molecule has 6 heteroatoms. The fraction of sp³-hybridized carbons (Fsp3) is 0.286. The maximum atomic E-state index is 13.0. The smallest absolute Gasteiger partial charge is 0.308 e. The molecule has 20 heavy (non-hydrogen) atoms. The molecule has 0 spiro atoms. The van der Waals surface area contributed by atoms with Gasteiger partial charge in [-0.25, -0.2) is 9.07 Å². The van der Waals surface area contributed by atoms with Crippen molar-refractivity contribution in [2.45, 2.75) is 19.8 Å². The van der Waals surface area contributed by atoms with Crippen molar-refractivity contribution in [3.8, 4) is 11.6 Å². The summed E-state index contributed by atoms with van der Waals surface area (Å²) >= 11 is 0. The minimum Gasteiger partial charge on any atom is -0.481 e. The summed E-state index contributed by atoms with van der Waals surface area (Å²) in [7, 11) is 1.46. The molecule has 0 unspecified atom stereocenters. The molecule has 1 heterocycles. The van der Waals surface area contributed by atoms with Gasteiger partial charge in [0.2, 0.25) is 5.88 Å². The summed E-state index contributed by atoms with van der Waals surface area (Å²) in [5, 5.41) is 13.3. The third-order valence-electron chi connectivity index (χ3n) is 2.95. The molecule has 1 aromatic carbocycles. The standard InChI is InChI=1S/C14H15FN2O3/c1-3-12-11(8-13(18)19)14(20-2)17(16-12)10-6-4-9(15)5-7-10/h4-7H,3,8H2,1-2H3,(H,18,19). The first-order valence-electron chi connectivity index (χ1n) is 6.19. The molecule has 0 atom stereocenters. The average Bonchev–Trinajstić information content (AvgIpc) is 2.76. The zero-order valence-electron chi connectivity index (χ0n) is 11.3. The molecule has 0 saturated carbocycles. The van der Waals surface area contributed by atoms with Gasteiger partial charge in [-0.1, -0.05) is 6.92 Å². The summed E-state index contributed by atoms with van der Waals surface area (Å²) in [5.74, 6) is -0.922. The van der Waals surface area contributed by atoms with Crippen LogP contribution in [0.2, 0.25) is 0 Å². The maximum absolute atomic E-state index is 13.0. The van der Waals surface area contributed by atoms with Gasteiger partial charge in [0.15, 0.2) is 0 Å². The number of ether oxygens (including phenoxy) is 1. The summed E-state index contributed by atoms with van der Waals surface area (Å²) in [4.78, 5) is 11.0. The van der Waals surface area contributed by atoms with Crippen molar-refractivity contribution >= 4 is 5.97 Å². The van der Waals surface area contributed by atoms with Gasteiger partial charge < -0.3 is 9.84 Å². The van der Waals surface area contributed by atoms with Crippen LogP contribution in [-0.2, 0) is 17.6 Å². The van der Waals surface area contributed by atoms with Crippen molar-refractivity contribution in [3.63, 3.8) is 0 Å². The number of benzene rings is 1. The van der Waals surface area contributed by atoms with E-state index in [0.717, 1.165) is 0 Å². The molecule has 0 bridgehead atoms. The van der Waals surface area contributed by atoms with Gasteiger partial charge in [0.25, 0.3) is 0 Å². The number of nitrogens with zero attached hydrogens (tertiary/aromatic N) is 2. The number of hydrogen-bond donors (Lipinski definition) is 1. The van der Waals surface area contributed by atoms with Crippen LogP contribution in [0.25, 0.3) is 5.69 Å². The zero-order valence-corrected chi connectivity index (χ0v) is 11.3. The highest BCUT2D eigenvalue weighted by Crippen LogP contribution is 2.27. The fourth-order valence-electron chi connectivity index (χ4n) is 2.06. The number of carboxylic acids is 1. The summed E-state index contributed by atoms with van der Waals surface area (Å²) in [6, 6.07) is 5.77. The zero-order chi connectivity index (χ0) is 14.7. The Morgan fingerprint density at radius 2 is 2.05 bits per heavy atom. The number of methoxy groups -OCH3 is 1. The van der Waals surface area contributed by atoms with E-state index >= 15 is 0 Å². The number of carboxylic acid groups (broad SMARTS) is 1. The highest BCUT2D eigenvalue weighted by Gasteiger charge is 2.20. The van der Waals surface area contributed by atoms with Crippen LogP contribution in [0.3, 0.4) is 0 Å². The molecule has 5 nitrogen and oxygen atoms in total. The van der Waals surface area contributed by atoms with Gasteiger partial charge in [-0.15, -0.1) is 0 Å². The Hall–Kier alpha value is -2.37. The molecule has 0 saturated heterocycles. The number of hydrogen-bond acceptors (Lipinski definition) is 3. The Morgan fingerprint density at radius 1 is 1.40 bits per heavy atom. The Bertz CT molecular complexity index is 620. The van der Waals surface area contributed by atoms with Crippen LogP contribution in [0.5, 0.6) is 5.88 Å². The number of rotatable bonds is 5. The molecule has 0 aliphatic rings. The second kappa shape index (κ2) is 5.73.